The average molecular weight is 929 g/mol. The Labute approximate surface area is 411 Å². The molecule has 6 heteroatoms. The fraction of sp³-hybridized carbons (Fsp3) is 0.867. The largest absolute Gasteiger partial charge is 0.465 e. The molecule has 0 saturated carbocycles. The summed E-state index contributed by atoms with van der Waals surface area (Å²) in [6, 6.07) is -0.630. The third-order valence-corrected chi connectivity index (χ3v) is 13.4. The van der Waals surface area contributed by atoms with E-state index in [1.54, 1.807) is 6.08 Å². The van der Waals surface area contributed by atoms with E-state index in [0.717, 1.165) is 51.4 Å². The van der Waals surface area contributed by atoms with E-state index >= 15 is 0 Å². The van der Waals surface area contributed by atoms with E-state index in [-0.39, 0.29) is 18.5 Å². The number of carbonyl (C=O) groups is 2. The van der Waals surface area contributed by atoms with E-state index < -0.39 is 12.1 Å². The number of aliphatic hydroxyl groups is 2. The van der Waals surface area contributed by atoms with Gasteiger partial charge < -0.3 is 20.3 Å². The van der Waals surface area contributed by atoms with Crippen LogP contribution < -0.4 is 5.32 Å². The number of carbonyl (C=O) groups excluding carboxylic acids is 2. The number of nitrogens with one attached hydrogen (secondary N) is 1. The summed E-state index contributed by atoms with van der Waals surface area (Å²) in [6.45, 7) is 4.79. The van der Waals surface area contributed by atoms with Crippen LogP contribution in [0.1, 0.15) is 309 Å². The molecule has 0 aliphatic heterocycles. The van der Waals surface area contributed by atoms with Gasteiger partial charge in [-0.2, -0.15) is 0 Å². The zero-order valence-electron chi connectivity index (χ0n) is 44.2. The van der Waals surface area contributed by atoms with Crippen molar-refractivity contribution in [3.05, 3.63) is 36.5 Å². The van der Waals surface area contributed by atoms with E-state index in [1.807, 2.05) is 6.08 Å². The van der Waals surface area contributed by atoms with Crippen molar-refractivity contribution >= 4 is 11.9 Å². The molecule has 0 rings (SSSR count). The van der Waals surface area contributed by atoms with Crippen LogP contribution in [-0.2, 0) is 14.3 Å². The molecule has 0 aromatic rings. The smallest absolute Gasteiger partial charge is 0.305 e. The zero-order valence-corrected chi connectivity index (χ0v) is 44.2. The van der Waals surface area contributed by atoms with E-state index in [2.05, 4.69) is 43.5 Å². The molecule has 3 N–H and O–H groups in total. The molecule has 0 fully saturated rings. The number of rotatable bonds is 54. The van der Waals surface area contributed by atoms with Gasteiger partial charge in [-0.3, -0.25) is 9.59 Å². The normalized spacial score (nSPS) is 12.8. The fourth-order valence-corrected chi connectivity index (χ4v) is 8.94. The highest BCUT2D eigenvalue weighted by Crippen LogP contribution is 2.17. The lowest BCUT2D eigenvalue weighted by Crippen LogP contribution is -2.45. The Morgan fingerprint density at radius 2 is 0.758 bits per heavy atom. The molecule has 66 heavy (non-hydrogen) atoms. The second-order valence-corrected chi connectivity index (χ2v) is 20.0. The highest BCUT2D eigenvalue weighted by atomic mass is 16.5. The van der Waals surface area contributed by atoms with Crippen molar-refractivity contribution in [1.29, 1.82) is 0 Å². The van der Waals surface area contributed by atoms with Crippen LogP contribution in [0.25, 0.3) is 0 Å². The Balaban J connectivity index is 3.44. The van der Waals surface area contributed by atoms with Crippen molar-refractivity contribution in [3.8, 4) is 0 Å². The highest BCUT2D eigenvalue weighted by molar-refractivity contribution is 5.76. The minimum Gasteiger partial charge on any atom is -0.465 e. The summed E-state index contributed by atoms with van der Waals surface area (Å²) in [6.07, 6.45) is 69.1. The molecule has 2 atom stereocenters. The van der Waals surface area contributed by atoms with Crippen molar-refractivity contribution in [2.45, 2.75) is 321 Å². The number of hydrogen-bond donors (Lipinski definition) is 3. The van der Waals surface area contributed by atoms with Crippen LogP contribution in [0.2, 0.25) is 0 Å². The molecule has 2 unspecified atom stereocenters. The van der Waals surface area contributed by atoms with Gasteiger partial charge in [-0.1, -0.05) is 281 Å². The van der Waals surface area contributed by atoms with Gasteiger partial charge in [-0.05, 0) is 51.4 Å². The van der Waals surface area contributed by atoms with E-state index in [9.17, 15) is 19.8 Å². The maximum Gasteiger partial charge on any atom is 0.305 e. The van der Waals surface area contributed by atoms with E-state index in [0.29, 0.717) is 19.4 Å². The van der Waals surface area contributed by atoms with Crippen LogP contribution in [0.15, 0.2) is 36.5 Å². The van der Waals surface area contributed by atoms with Gasteiger partial charge in [-0.15, -0.1) is 0 Å². The predicted octanol–water partition coefficient (Wildman–Crippen LogP) is 18.0. The Bertz CT molecular complexity index is 1070. The van der Waals surface area contributed by atoms with Gasteiger partial charge in [0, 0.05) is 12.8 Å². The fourth-order valence-electron chi connectivity index (χ4n) is 8.94. The molecule has 0 radical (unpaired) electrons. The molecule has 1 amide bonds. The Hall–Kier alpha value is -1.92. The topological polar surface area (TPSA) is 95.9 Å². The first kappa shape index (κ1) is 64.1. The van der Waals surface area contributed by atoms with Gasteiger partial charge in [0.25, 0.3) is 0 Å². The van der Waals surface area contributed by atoms with Crippen molar-refractivity contribution in [2.75, 3.05) is 13.2 Å². The summed E-state index contributed by atoms with van der Waals surface area (Å²) >= 11 is 0. The molecule has 0 aromatic heterocycles. The van der Waals surface area contributed by atoms with Gasteiger partial charge in [0.05, 0.1) is 25.4 Å². The minimum atomic E-state index is -0.846. The highest BCUT2D eigenvalue weighted by Gasteiger charge is 2.18. The van der Waals surface area contributed by atoms with Gasteiger partial charge in [0.15, 0.2) is 0 Å². The molecule has 0 aliphatic carbocycles. The van der Waals surface area contributed by atoms with Crippen LogP contribution in [0.5, 0.6) is 0 Å². The summed E-state index contributed by atoms with van der Waals surface area (Å²) in [5.74, 6) is -0.106. The molecule has 388 valence electrons. The average Bonchev–Trinajstić information content (AvgIpc) is 3.32. The third-order valence-electron chi connectivity index (χ3n) is 13.4. The van der Waals surface area contributed by atoms with Gasteiger partial charge in [-0.25, -0.2) is 0 Å². The predicted molar refractivity (Wildman–Crippen MR) is 287 cm³/mol. The second-order valence-electron chi connectivity index (χ2n) is 20.0. The maximum absolute atomic E-state index is 12.4. The lowest BCUT2D eigenvalue weighted by molar-refractivity contribution is -0.143. The monoisotopic (exact) mass is 928 g/mol. The molecule has 0 spiro atoms. The molecule has 6 nitrogen and oxygen atoms in total. The summed E-state index contributed by atoms with van der Waals surface area (Å²) in [5.41, 5.74) is 0. The first-order chi connectivity index (χ1) is 32.5. The van der Waals surface area contributed by atoms with E-state index in [1.165, 1.54) is 231 Å². The first-order valence-corrected chi connectivity index (χ1v) is 29.3. The number of hydrogen-bond acceptors (Lipinski definition) is 5. The van der Waals surface area contributed by atoms with Gasteiger partial charge >= 0.3 is 5.97 Å². The van der Waals surface area contributed by atoms with Crippen LogP contribution in [0.3, 0.4) is 0 Å². The number of ether oxygens (including phenoxy) is 1. The molecule has 0 aliphatic rings. The molecule has 0 saturated heterocycles. The molecule has 0 aromatic carbocycles. The standard InChI is InChI=1S/C60H113NO5/c1-3-5-7-9-11-13-15-16-17-23-27-30-34-38-42-46-50-54-60(65)66-55-51-47-43-39-35-31-28-25-22-20-18-19-21-24-26-29-33-37-41-45-49-53-59(64)61-57(56-62)58(63)52-48-44-40-36-32-14-12-10-8-6-4-2/h31,35,43,47-48,52,57-58,62-63H,3-30,32-34,36-42,44-46,49-51,53-56H2,1-2H3,(H,61,64)/b35-31-,47-43-,52-48+. The van der Waals surface area contributed by atoms with Crippen molar-refractivity contribution < 1.29 is 24.5 Å². The van der Waals surface area contributed by atoms with Gasteiger partial charge in [0.2, 0.25) is 5.91 Å². The Kier molecular flexibility index (Phi) is 54.1. The van der Waals surface area contributed by atoms with E-state index in [4.69, 9.17) is 4.74 Å². The van der Waals surface area contributed by atoms with Crippen molar-refractivity contribution in [3.63, 3.8) is 0 Å². The lowest BCUT2D eigenvalue weighted by Gasteiger charge is -2.20. The number of allylic oxidation sites excluding steroid dienone is 4. The molecular weight excluding hydrogens is 815 g/mol. The molecule has 0 bridgehead atoms. The zero-order chi connectivity index (χ0) is 47.9. The Morgan fingerprint density at radius 1 is 0.424 bits per heavy atom. The first-order valence-electron chi connectivity index (χ1n) is 29.3. The lowest BCUT2D eigenvalue weighted by atomic mass is 10.0. The van der Waals surface area contributed by atoms with Crippen LogP contribution in [0.4, 0.5) is 0 Å². The summed E-state index contributed by atoms with van der Waals surface area (Å²) < 4.78 is 5.43. The maximum atomic E-state index is 12.4. The second kappa shape index (κ2) is 55.7. The summed E-state index contributed by atoms with van der Waals surface area (Å²) in [4.78, 5) is 24.5. The van der Waals surface area contributed by atoms with Crippen molar-refractivity contribution in [2.24, 2.45) is 0 Å². The SMILES string of the molecule is CCCCCCCCCCC/C=C/C(O)C(CO)NC(=O)CCCCCCCCCCCCCCCC/C=C\C/C=C\CCOC(=O)CCCCCCCCCCCCCCCCCCC. The van der Waals surface area contributed by atoms with Crippen LogP contribution >= 0.6 is 0 Å². The number of aliphatic hydroxyl groups excluding tert-OH is 2. The number of unbranched alkanes of at least 4 members (excludes halogenated alkanes) is 39. The minimum absolute atomic E-state index is 0.0322. The quantitative estimate of drug-likeness (QED) is 0.0321. The Morgan fingerprint density at radius 3 is 1.15 bits per heavy atom. The number of amides is 1. The summed E-state index contributed by atoms with van der Waals surface area (Å²) in [5, 5.41) is 23.0. The third kappa shape index (κ3) is 51.5. The van der Waals surface area contributed by atoms with Gasteiger partial charge in [0.1, 0.15) is 0 Å². The van der Waals surface area contributed by atoms with Crippen LogP contribution in [0, 0.1) is 0 Å². The van der Waals surface area contributed by atoms with Crippen molar-refractivity contribution in [1.82, 2.24) is 5.32 Å². The van der Waals surface area contributed by atoms with Crippen LogP contribution in [-0.4, -0.2) is 47.4 Å². The molecular formula is C60H113NO5. The summed E-state index contributed by atoms with van der Waals surface area (Å²) in [7, 11) is 0. The molecule has 0 heterocycles. The number of esters is 1.